The number of halogens is 2. The van der Waals surface area contributed by atoms with E-state index < -0.39 is 0 Å². The Balaban J connectivity index is 1.23. The van der Waals surface area contributed by atoms with E-state index in [0.29, 0.717) is 54.4 Å². The maximum absolute atomic E-state index is 12.3. The van der Waals surface area contributed by atoms with Gasteiger partial charge in [0.05, 0.1) is 22.8 Å². The SMILES string of the molecule is O=C(OCc1ccc(Cl)c(Cl)c1)N1CCC(c2nnc(NCc3cn[nH]n3)o2)CC1. The van der Waals surface area contributed by atoms with E-state index in [0.717, 1.165) is 11.3 Å². The van der Waals surface area contributed by atoms with Gasteiger partial charge in [0.2, 0.25) is 5.89 Å². The van der Waals surface area contributed by atoms with E-state index >= 15 is 0 Å². The number of hydrogen-bond donors (Lipinski definition) is 2. The van der Waals surface area contributed by atoms with Crippen LogP contribution in [0.15, 0.2) is 28.8 Å². The lowest BCUT2D eigenvalue weighted by atomic mass is 9.97. The van der Waals surface area contributed by atoms with Crippen LogP contribution in [0, 0.1) is 0 Å². The molecular weight excluding hydrogens is 433 g/mol. The molecule has 1 amide bonds. The molecule has 4 rings (SSSR count). The molecule has 3 aromatic rings. The number of H-pyrrole nitrogens is 1. The summed E-state index contributed by atoms with van der Waals surface area (Å²) >= 11 is 11.9. The van der Waals surface area contributed by atoms with Crippen molar-refractivity contribution in [3.8, 4) is 0 Å². The fourth-order valence-electron chi connectivity index (χ4n) is 3.12. The van der Waals surface area contributed by atoms with E-state index in [1.165, 1.54) is 0 Å². The van der Waals surface area contributed by atoms with Gasteiger partial charge in [-0.1, -0.05) is 34.4 Å². The van der Waals surface area contributed by atoms with Crippen molar-refractivity contribution in [2.75, 3.05) is 18.4 Å². The van der Waals surface area contributed by atoms with Crippen molar-refractivity contribution in [3.05, 3.63) is 51.6 Å². The van der Waals surface area contributed by atoms with Gasteiger partial charge < -0.3 is 19.4 Å². The zero-order chi connectivity index (χ0) is 20.9. The number of benzene rings is 1. The van der Waals surface area contributed by atoms with Gasteiger partial charge in [0.25, 0.3) is 0 Å². The van der Waals surface area contributed by atoms with Crippen LogP contribution in [0.2, 0.25) is 10.0 Å². The highest BCUT2D eigenvalue weighted by Crippen LogP contribution is 2.28. The lowest BCUT2D eigenvalue weighted by molar-refractivity contribution is 0.0856. The summed E-state index contributed by atoms with van der Waals surface area (Å²) in [7, 11) is 0. The number of hydrogen-bond acceptors (Lipinski definition) is 8. The molecule has 0 atom stereocenters. The molecule has 1 saturated heterocycles. The van der Waals surface area contributed by atoms with Crippen LogP contribution < -0.4 is 5.32 Å². The predicted molar refractivity (Wildman–Crippen MR) is 108 cm³/mol. The lowest BCUT2D eigenvalue weighted by Crippen LogP contribution is -2.38. The van der Waals surface area contributed by atoms with Crippen LogP contribution in [-0.2, 0) is 17.9 Å². The summed E-state index contributed by atoms with van der Waals surface area (Å²) in [4.78, 5) is 14.0. The molecule has 30 heavy (non-hydrogen) atoms. The summed E-state index contributed by atoms with van der Waals surface area (Å²) < 4.78 is 11.1. The average molecular weight is 452 g/mol. The highest BCUT2D eigenvalue weighted by Gasteiger charge is 2.28. The molecule has 158 valence electrons. The van der Waals surface area contributed by atoms with Crippen LogP contribution in [0.3, 0.4) is 0 Å². The second kappa shape index (κ2) is 9.31. The average Bonchev–Trinajstić information content (AvgIpc) is 3.45. The van der Waals surface area contributed by atoms with Gasteiger partial charge in [-0.25, -0.2) is 4.79 Å². The van der Waals surface area contributed by atoms with Crippen LogP contribution in [-0.4, -0.2) is 49.7 Å². The smallest absolute Gasteiger partial charge is 0.410 e. The normalized spacial score (nSPS) is 14.7. The molecule has 1 fully saturated rings. The van der Waals surface area contributed by atoms with Crippen molar-refractivity contribution in [1.82, 2.24) is 30.5 Å². The van der Waals surface area contributed by atoms with Crippen LogP contribution in [0.1, 0.15) is 35.9 Å². The van der Waals surface area contributed by atoms with Crippen molar-refractivity contribution < 1.29 is 13.9 Å². The van der Waals surface area contributed by atoms with Gasteiger partial charge in [-0.05, 0) is 30.5 Å². The minimum absolute atomic E-state index is 0.0965. The number of aromatic amines is 1. The molecule has 1 aromatic carbocycles. The summed E-state index contributed by atoms with van der Waals surface area (Å²) in [6.45, 7) is 1.67. The van der Waals surface area contributed by atoms with Crippen LogP contribution >= 0.6 is 23.2 Å². The van der Waals surface area contributed by atoms with Crippen LogP contribution in [0.5, 0.6) is 0 Å². The number of anilines is 1. The molecule has 2 N–H and O–H groups in total. The van der Waals surface area contributed by atoms with Gasteiger partial charge in [0, 0.05) is 19.0 Å². The molecule has 0 saturated carbocycles. The molecule has 0 spiro atoms. The van der Waals surface area contributed by atoms with Crippen LogP contribution in [0.25, 0.3) is 0 Å². The zero-order valence-corrected chi connectivity index (χ0v) is 17.4. The minimum atomic E-state index is -0.361. The number of nitrogens with one attached hydrogen (secondary N) is 2. The molecule has 0 aliphatic carbocycles. The van der Waals surface area contributed by atoms with Crippen molar-refractivity contribution in [2.24, 2.45) is 0 Å². The summed E-state index contributed by atoms with van der Waals surface area (Å²) in [6, 6.07) is 5.47. The Hall–Kier alpha value is -2.85. The number of amides is 1. The highest BCUT2D eigenvalue weighted by atomic mass is 35.5. The first-order valence-electron chi connectivity index (χ1n) is 9.36. The second-order valence-corrected chi connectivity index (χ2v) is 7.64. The van der Waals surface area contributed by atoms with Crippen molar-refractivity contribution in [2.45, 2.75) is 31.9 Å². The number of rotatable bonds is 6. The third-order valence-corrected chi connectivity index (χ3v) is 5.51. The zero-order valence-electron chi connectivity index (χ0n) is 15.8. The topological polar surface area (TPSA) is 122 Å². The van der Waals surface area contributed by atoms with Gasteiger partial charge in [0.1, 0.15) is 12.3 Å². The fourth-order valence-corrected chi connectivity index (χ4v) is 3.44. The minimum Gasteiger partial charge on any atom is -0.445 e. The third kappa shape index (κ3) is 5.00. The molecule has 12 heteroatoms. The van der Waals surface area contributed by atoms with E-state index in [1.54, 1.807) is 29.3 Å². The van der Waals surface area contributed by atoms with E-state index in [1.807, 2.05) is 0 Å². The summed E-state index contributed by atoms with van der Waals surface area (Å²) in [5.41, 5.74) is 1.52. The van der Waals surface area contributed by atoms with E-state index in [4.69, 9.17) is 32.4 Å². The number of ether oxygens (including phenoxy) is 1. The number of carbonyl (C=O) groups excluding carboxylic acids is 1. The van der Waals surface area contributed by atoms with Crippen molar-refractivity contribution >= 4 is 35.3 Å². The van der Waals surface area contributed by atoms with Gasteiger partial charge in [0.15, 0.2) is 0 Å². The molecule has 0 unspecified atom stereocenters. The molecule has 1 aliphatic heterocycles. The molecule has 3 heterocycles. The van der Waals surface area contributed by atoms with Gasteiger partial charge in [-0.3, -0.25) is 0 Å². The largest absolute Gasteiger partial charge is 0.445 e. The quantitative estimate of drug-likeness (QED) is 0.582. The van der Waals surface area contributed by atoms with Crippen LogP contribution in [0.4, 0.5) is 10.8 Å². The Bertz CT molecular complexity index is 988. The highest BCUT2D eigenvalue weighted by molar-refractivity contribution is 6.42. The first-order valence-corrected chi connectivity index (χ1v) is 10.1. The molecule has 0 bridgehead atoms. The number of aromatic nitrogens is 5. The van der Waals surface area contributed by atoms with E-state index in [-0.39, 0.29) is 18.6 Å². The van der Waals surface area contributed by atoms with Crippen molar-refractivity contribution in [1.29, 1.82) is 0 Å². The predicted octanol–water partition coefficient (Wildman–Crippen LogP) is 3.62. The lowest BCUT2D eigenvalue weighted by Gasteiger charge is -2.29. The Morgan fingerprint density at radius 2 is 2.10 bits per heavy atom. The Labute approximate surface area is 181 Å². The Kier molecular flexibility index (Phi) is 6.34. The maximum atomic E-state index is 12.3. The van der Waals surface area contributed by atoms with Crippen molar-refractivity contribution in [3.63, 3.8) is 0 Å². The van der Waals surface area contributed by atoms with E-state index in [9.17, 15) is 4.79 Å². The third-order valence-electron chi connectivity index (χ3n) is 4.77. The standard InChI is InChI=1S/C18H19Cl2N7O3/c19-14-2-1-11(7-15(14)20)10-29-18(28)27-5-3-12(4-6-27)16-24-25-17(30-16)21-8-13-9-22-26-23-13/h1-2,7,9,12H,3-6,8,10H2,(H,21,25)(H,22,23,26). The maximum Gasteiger partial charge on any atom is 0.410 e. The fraction of sp³-hybridized carbons (Fsp3) is 0.389. The number of piperidine rings is 1. The second-order valence-electron chi connectivity index (χ2n) is 6.82. The summed E-state index contributed by atoms with van der Waals surface area (Å²) in [6.07, 6.45) is 2.68. The summed E-state index contributed by atoms with van der Waals surface area (Å²) in [5.74, 6) is 0.653. The molecular formula is C18H19Cl2N7O3. The molecule has 1 aliphatic rings. The Morgan fingerprint density at radius 3 is 2.83 bits per heavy atom. The number of carbonyl (C=O) groups is 1. The number of likely N-dealkylation sites (tertiary alicyclic amines) is 1. The monoisotopic (exact) mass is 451 g/mol. The molecule has 0 radical (unpaired) electrons. The summed E-state index contributed by atoms with van der Waals surface area (Å²) in [5, 5.41) is 22.3. The van der Waals surface area contributed by atoms with Gasteiger partial charge in [-0.2, -0.15) is 15.4 Å². The van der Waals surface area contributed by atoms with Gasteiger partial charge in [-0.15, -0.1) is 5.10 Å². The first kappa shape index (κ1) is 20.4. The number of nitrogens with zero attached hydrogens (tertiary/aromatic N) is 5. The first-order chi connectivity index (χ1) is 14.6. The molecule has 10 nitrogen and oxygen atoms in total. The van der Waals surface area contributed by atoms with Gasteiger partial charge >= 0.3 is 12.1 Å². The van der Waals surface area contributed by atoms with E-state index in [2.05, 4.69) is 30.9 Å². The molecule has 2 aromatic heterocycles. The Morgan fingerprint density at radius 1 is 1.27 bits per heavy atom.